The Kier molecular flexibility index (Phi) is 3.60. The summed E-state index contributed by atoms with van der Waals surface area (Å²) in [7, 11) is 0. The second-order valence-electron chi connectivity index (χ2n) is 4.11. The summed E-state index contributed by atoms with van der Waals surface area (Å²) in [6.45, 7) is 1.82. The highest BCUT2D eigenvalue weighted by Gasteiger charge is 2.17. The van der Waals surface area contributed by atoms with E-state index in [0.717, 1.165) is 11.6 Å². The number of anilines is 2. The number of pyridine rings is 1. The van der Waals surface area contributed by atoms with Crippen molar-refractivity contribution in [1.82, 2.24) is 4.98 Å². The number of carboxylic acid groups (broad SMARTS) is 1. The van der Waals surface area contributed by atoms with Gasteiger partial charge in [0.2, 0.25) is 0 Å². The van der Waals surface area contributed by atoms with Crippen molar-refractivity contribution in [1.29, 1.82) is 0 Å². The number of carboxylic acids is 1. The molecule has 1 aromatic heterocycles. The molecule has 0 amide bonds. The number of rotatable bonds is 4. The van der Waals surface area contributed by atoms with Gasteiger partial charge < -0.3 is 10.4 Å². The molecule has 0 saturated carbocycles. The zero-order valence-corrected chi connectivity index (χ0v) is 10.5. The molecule has 2 N–H and O–H groups in total. The smallest absolute Gasteiger partial charge is 0.335 e. The molecule has 0 atom stereocenters. The van der Waals surface area contributed by atoms with Gasteiger partial charge in [-0.3, -0.25) is 15.1 Å². The summed E-state index contributed by atoms with van der Waals surface area (Å²) in [5, 5.41) is 22.8. The van der Waals surface area contributed by atoms with Crippen LogP contribution >= 0.6 is 0 Å². The van der Waals surface area contributed by atoms with Gasteiger partial charge in [0, 0.05) is 12.3 Å². The van der Waals surface area contributed by atoms with Crippen molar-refractivity contribution < 1.29 is 14.8 Å². The quantitative estimate of drug-likeness (QED) is 0.655. The summed E-state index contributed by atoms with van der Waals surface area (Å²) in [4.78, 5) is 25.3. The van der Waals surface area contributed by atoms with Gasteiger partial charge in [-0.05, 0) is 30.7 Å². The first-order chi connectivity index (χ1) is 9.49. The molecule has 7 heteroatoms. The van der Waals surface area contributed by atoms with Crippen LogP contribution in [-0.2, 0) is 0 Å². The van der Waals surface area contributed by atoms with E-state index in [1.807, 2.05) is 6.92 Å². The molecule has 0 aliphatic heterocycles. The molecular weight excluding hydrogens is 262 g/mol. The highest BCUT2D eigenvalue weighted by molar-refractivity contribution is 5.90. The molecule has 0 saturated heterocycles. The van der Waals surface area contributed by atoms with Gasteiger partial charge in [0.05, 0.1) is 22.4 Å². The van der Waals surface area contributed by atoms with Crippen LogP contribution < -0.4 is 5.32 Å². The monoisotopic (exact) mass is 273 g/mol. The van der Waals surface area contributed by atoms with Crippen LogP contribution in [0.1, 0.15) is 15.9 Å². The first kappa shape index (κ1) is 13.5. The highest BCUT2D eigenvalue weighted by atomic mass is 16.6. The number of nitrogens with one attached hydrogen (secondary N) is 1. The van der Waals surface area contributed by atoms with E-state index in [0.29, 0.717) is 5.69 Å². The van der Waals surface area contributed by atoms with E-state index in [4.69, 9.17) is 5.11 Å². The van der Waals surface area contributed by atoms with Gasteiger partial charge in [-0.25, -0.2) is 4.79 Å². The first-order valence-electron chi connectivity index (χ1n) is 5.68. The molecule has 1 aromatic carbocycles. The number of hydrogen-bond acceptors (Lipinski definition) is 5. The Morgan fingerprint density at radius 3 is 2.70 bits per heavy atom. The Hall–Kier alpha value is -2.96. The number of aromatic nitrogens is 1. The van der Waals surface area contributed by atoms with Gasteiger partial charge in [0.15, 0.2) is 0 Å². The molecule has 20 heavy (non-hydrogen) atoms. The molecule has 2 aromatic rings. The lowest BCUT2D eigenvalue weighted by Crippen LogP contribution is -2.02. The summed E-state index contributed by atoms with van der Waals surface area (Å²) in [6, 6.07) is 5.33. The number of carbonyl (C=O) groups is 1. The standard InChI is InChI=1S/C13H11N3O4/c1-8-4-5-14-7-11(8)15-10-6-9(13(17)18)2-3-12(10)16(19)20/h2-7,15H,1H3,(H,17,18). The first-order valence-corrected chi connectivity index (χ1v) is 5.68. The molecule has 7 nitrogen and oxygen atoms in total. The number of benzene rings is 1. The Bertz CT molecular complexity index is 685. The summed E-state index contributed by atoms with van der Waals surface area (Å²) in [5.41, 5.74) is 1.32. The van der Waals surface area contributed by atoms with Crippen LogP contribution in [0, 0.1) is 17.0 Å². The van der Waals surface area contributed by atoms with Crippen LogP contribution in [0.25, 0.3) is 0 Å². The maximum Gasteiger partial charge on any atom is 0.335 e. The molecule has 0 fully saturated rings. The fourth-order valence-electron chi connectivity index (χ4n) is 1.67. The number of nitro groups is 1. The van der Waals surface area contributed by atoms with Gasteiger partial charge in [-0.15, -0.1) is 0 Å². The largest absolute Gasteiger partial charge is 0.478 e. The van der Waals surface area contributed by atoms with Crippen molar-refractivity contribution in [2.45, 2.75) is 6.92 Å². The van der Waals surface area contributed by atoms with Gasteiger partial charge in [0.25, 0.3) is 5.69 Å². The van der Waals surface area contributed by atoms with Crippen molar-refractivity contribution in [3.05, 3.63) is 57.9 Å². The topological polar surface area (TPSA) is 105 Å². The molecule has 2 rings (SSSR count). The van der Waals surface area contributed by atoms with Crippen molar-refractivity contribution in [2.75, 3.05) is 5.32 Å². The molecule has 0 aliphatic rings. The number of nitro benzene ring substituents is 1. The maximum absolute atomic E-state index is 11.0. The zero-order chi connectivity index (χ0) is 14.7. The molecule has 1 heterocycles. The van der Waals surface area contributed by atoms with E-state index in [1.54, 1.807) is 12.3 Å². The predicted molar refractivity (Wildman–Crippen MR) is 72.3 cm³/mol. The SMILES string of the molecule is Cc1ccncc1Nc1cc(C(=O)O)ccc1[N+](=O)[O-]. The molecule has 0 aliphatic carbocycles. The summed E-state index contributed by atoms with van der Waals surface area (Å²) < 4.78 is 0. The van der Waals surface area contributed by atoms with E-state index in [2.05, 4.69) is 10.3 Å². The second kappa shape index (κ2) is 5.35. The predicted octanol–water partition coefficient (Wildman–Crippen LogP) is 2.74. The minimum Gasteiger partial charge on any atom is -0.478 e. The third kappa shape index (κ3) is 2.72. The lowest BCUT2D eigenvalue weighted by atomic mass is 10.1. The second-order valence-corrected chi connectivity index (χ2v) is 4.11. The van der Waals surface area contributed by atoms with E-state index >= 15 is 0 Å². The number of nitrogens with zero attached hydrogens (tertiary/aromatic N) is 2. The zero-order valence-electron chi connectivity index (χ0n) is 10.5. The molecule has 0 spiro atoms. The Morgan fingerprint density at radius 1 is 1.35 bits per heavy atom. The molecule has 102 valence electrons. The van der Waals surface area contributed by atoms with Crippen LogP contribution in [0.4, 0.5) is 17.1 Å². The van der Waals surface area contributed by atoms with Crippen molar-refractivity contribution in [3.8, 4) is 0 Å². The highest BCUT2D eigenvalue weighted by Crippen LogP contribution is 2.29. The van der Waals surface area contributed by atoms with Crippen LogP contribution in [0.5, 0.6) is 0 Å². The van der Waals surface area contributed by atoms with E-state index in [9.17, 15) is 14.9 Å². The van der Waals surface area contributed by atoms with E-state index < -0.39 is 10.9 Å². The molecular formula is C13H11N3O4. The van der Waals surface area contributed by atoms with Crippen LogP contribution in [0.15, 0.2) is 36.7 Å². The number of aromatic carboxylic acids is 1. The van der Waals surface area contributed by atoms with Gasteiger partial charge in [-0.2, -0.15) is 0 Å². The lowest BCUT2D eigenvalue weighted by Gasteiger charge is -2.09. The van der Waals surface area contributed by atoms with E-state index in [1.165, 1.54) is 18.3 Å². The van der Waals surface area contributed by atoms with Gasteiger partial charge in [-0.1, -0.05) is 0 Å². The third-order valence-electron chi connectivity index (χ3n) is 2.75. The van der Waals surface area contributed by atoms with Crippen LogP contribution in [0.2, 0.25) is 0 Å². The molecule has 0 radical (unpaired) electrons. The molecule has 0 bridgehead atoms. The van der Waals surface area contributed by atoms with Gasteiger partial charge >= 0.3 is 5.97 Å². The normalized spacial score (nSPS) is 10.1. The summed E-state index contributed by atoms with van der Waals surface area (Å²) in [5.74, 6) is -1.15. The summed E-state index contributed by atoms with van der Waals surface area (Å²) in [6.07, 6.45) is 3.12. The average molecular weight is 273 g/mol. The Morgan fingerprint density at radius 2 is 2.10 bits per heavy atom. The average Bonchev–Trinajstić information content (AvgIpc) is 2.41. The van der Waals surface area contributed by atoms with Crippen LogP contribution in [0.3, 0.4) is 0 Å². The van der Waals surface area contributed by atoms with Crippen molar-refractivity contribution in [3.63, 3.8) is 0 Å². The van der Waals surface area contributed by atoms with Crippen molar-refractivity contribution >= 4 is 23.0 Å². The van der Waals surface area contributed by atoms with E-state index in [-0.39, 0.29) is 16.9 Å². The van der Waals surface area contributed by atoms with Crippen LogP contribution in [-0.4, -0.2) is 21.0 Å². The Labute approximate surface area is 114 Å². The minimum absolute atomic E-state index is 0.0281. The molecule has 0 unspecified atom stereocenters. The number of hydrogen-bond donors (Lipinski definition) is 2. The maximum atomic E-state index is 11.0. The fourth-order valence-corrected chi connectivity index (χ4v) is 1.67. The lowest BCUT2D eigenvalue weighted by molar-refractivity contribution is -0.383. The third-order valence-corrected chi connectivity index (χ3v) is 2.75. The summed E-state index contributed by atoms with van der Waals surface area (Å²) >= 11 is 0. The Balaban J connectivity index is 2.48. The fraction of sp³-hybridized carbons (Fsp3) is 0.0769. The number of aryl methyl sites for hydroxylation is 1. The van der Waals surface area contributed by atoms with Crippen molar-refractivity contribution in [2.24, 2.45) is 0 Å². The minimum atomic E-state index is -1.15. The van der Waals surface area contributed by atoms with Gasteiger partial charge in [0.1, 0.15) is 5.69 Å².